The Morgan fingerprint density at radius 1 is 1.15 bits per heavy atom. The van der Waals surface area contributed by atoms with E-state index in [-0.39, 0.29) is 6.04 Å². The van der Waals surface area contributed by atoms with Gasteiger partial charge in [-0.3, -0.25) is 0 Å². The fourth-order valence-electron chi connectivity index (χ4n) is 2.89. The molecule has 1 saturated carbocycles. The van der Waals surface area contributed by atoms with Crippen molar-refractivity contribution in [3.63, 3.8) is 0 Å². The Morgan fingerprint density at radius 2 is 1.90 bits per heavy atom. The van der Waals surface area contributed by atoms with E-state index < -0.39 is 0 Å². The summed E-state index contributed by atoms with van der Waals surface area (Å²) >= 11 is 0. The molecule has 0 heterocycles. The van der Waals surface area contributed by atoms with Crippen molar-refractivity contribution in [1.29, 1.82) is 0 Å². The van der Waals surface area contributed by atoms with Crippen molar-refractivity contribution < 1.29 is 4.74 Å². The quantitative estimate of drug-likeness (QED) is 0.785. The van der Waals surface area contributed by atoms with Crippen molar-refractivity contribution in [3.05, 3.63) is 29.8 Å². The summed E-state index contributed by atoms with van der Waals surface area (Å²) in [6, 6.07) is 8.31. The highest BCUT2D eigenvalue weighted by molar-refractivity contribution is 5.29. The largest absolute Gasteiger partial charge is 0.493 e. The SMILES string of the molecule is NC[C@@H](N)Cc1cccc(OCC2CCCCCC2)c1. The second kappa shape index (κ2) is 8.28. The van der Waals surface area contributed by atoms with E-state index in [2.05, 4.69) is 12.1 Å². The maximum atomic E-state index is 5.98. The number of ether oxygens (including phenoxy) is 1. The minimum Gasteiger partial charge on any atom is -0.493 e. The molecule has 3 nitrogen and oxygen atoms in total. The summed E-state index contributed by atoms with van der Waals surface area (Å²) in [5.41, 5.74) is 12.7. The van der Waals surface area contributed by atoms with Gasteiger partial charge in [-0.05, 0) is 42.9 Å². The van der Waals surface area contributed by atoms with Gasteiger partial charge in [0, 0.05) is 12.6 Å². The topological polar surface area (TPSA) is 61.3 Å². The van der Waals surface area contributed by atoms with Gasteiger partial charge in [0.2, 0.25) is 0 Å². The molecule has 0 aliphatic heterocycles. The maximum absolute atomic E-state index is 5.98. The molecule has 0 unspecified atom stereocenters. The van der Waals surface area contributed by atoms with E-state index in [1.807, 2.05) is 12.1 Å². The summed E-state index contributed by atoms with van der Waals surface area (Å²) in [4.78, 5) is 0. The predicted octanol–water partition coefficient (Wildman–Crippen LogP) is 2.86. The van der Waals surface area contributed by atoms with Crippen LogP contribution in [0, 0.1) is 5.92 Å². The molecule has 0 bridgehead atoms. The van der Waals surface area contributed by atoms with Crippen LogP contribution < -0.4 is 16.2 Å². The molecule has 112 valence electrons. The first kappa shape index (κ1) is 15.3. The molecule has 0 radical (unpaired) electrons. The van der Waals surface area contributed by atoms with Gasteiger partial charge in [-0.2, -0.15) is 0 Å². The molecule has 0 saturated heterocycles. The van der Waals surface area contributed by atoms with Crippen molar-refractivity contribution in [3.8, 4) is 5.75 Å². The highest BCUT2D eigenvalue weighted by Gasteiger charge is 2.13. The minimum absolute atomic E-state index is 0.0344. The van der Waals surface area contributed by atoms with Crippen LogP contribution in [0.2, 0.25) is 0 Å². The first-order valence-electron chi connectivity index (χ1n) is 7.95. The van der Waals surface area contributed by atoms with Crippen LogP contribution in [0.3, 0.4) is 0 Å². The fourth-order valence-corrected chi connectivity index (χ4v) is 2.89. The van der Waals surface area contributed by atoms with Crippen molar-refractivity contribution in [2.45, 2.75) is 51.0 Å². The molecule has 20 heavy (non-hydrogen) atoms. The monoisotopic (exact) mass is 276 g/mol. The molecule has 0 amide bonds. The standard InChI is InChI=1S/C17H28N2O/c18-12-16(19)10-15-8-5-9-17(11-15)20-13-14-6-3-1-2-4-7-14/h5,8-9,11,14,16H,1-4,6-7,10,12-13,18-19H2/t16-/m0/s1. The second-order valence-corrected chi connectivity index (χ2v) is 6.02. The van der Waals surface area contributed by atoms with E-state index in [0.717, 1.165) is 24.7 Å². The summed E-state index contributed by atoms with van der Waals surface area (Å²) < 4.78 is 5.98. The van der Waals surface area contributed by atoms with Crippen LogP contribution in [-0.4, -0.2) is 19.2 Å². The van der Waals surface area contributed by atoms with Crippen LogP contribution in [0.4, 0.5) is 0 Å². The van der Waals surface area contributed by atoms with Gasteiger partial charge >= 0.3 is 0 Å². The molecular formula is C17H28N2O. The zero-order valence-electron chi connectivity index (χ0n) is 12.4. The third-order valence-corrected chi connectivity index (χ3v) is 4.16. The molecule has 1 aromatic carbocycles. The minimum atomic E-state index is 0.0344. The summed E-state index contributed by atoms with van der Waals surface area (Å²) in [5, 5.41) is 0. The molecule has 4 N–H and O–H groups in total. The number of rotatable bonds is 6. The first-order chi connectivity index (χ1) is 9.78. The summed E-state index contributed by atoms with van der Waals surface area (Å²) in [6.45, 7) is 1.37. The molecule has 1 aromatic rings. The molecule has 0 aromatic heterocycles. The van der Waals surface area contributed by atoms with E-state index in [1.54, 1.807) is 0 Å². The number of nitrogens with two attached hydrogens (primary N) is 2. The lowest BCUT2D eigenvalue weighted by Crippen LogP contribution is -2.31. The van der Waals surface area contributed by atoms with Crippen LogP contribution in [0.5, 0.6) is 5.75 Å². The highest BCUT2D eigenvalue weighted by atomic mass is 16.5. The molecule has 3 heteroatoms. The van der Waals surface area contributed by atoms with Crippen molar-refractivity contribution >= 4 is 0 Å². The summed E-state index contributed by atoms with van der Waals surface area (Å²) in [6.07, 6.45) is 8.96. The Balaban J connectivity index is 1.84. The van der Waals surface area contributed by atoms with Gasteiger partial charge in [-0.15, -0.1) is 0 Å². The first-order valence-corrected chi connectivity index (χ1v) is 7.95. The zero-order valence-corrected chi connectivity index (χ0v) is 12.4. The third-order valence-electron chi connectivity index (χ3n) is 4.16. The van der Waals surface area contributed by atoms with Crippen molar-refractivity contribution in [2.75, 3.05) is 13.2 Å². The Labute approximate surface area is 122 Å². The third kappa shape index (κ3) is 5.14. The lowest BCUT2D eigenvalue weighted by atomic mass is 10.0. The van der Waals surface area contributed by atoms with Crippen molar-refractivity contribution in [1.82, 2.24) is 0 Å². The average Bonchev–Trinajstić information content (AvgIpc) is 2.74. The van der Waals surface area contributed by atoms with Crippen LogP contribution in [0.15, 0.2) is 24.3 Å². The fraction of sp³-hybridized carbons (Fsp3) is 0.647. The van der Waals surface area contributed by atoms with Gasteiger partial charge in [0.15, 0.2) is 0 Å². The van der Waals surface area contributed by atoms with Gasteiger partial charge in [0.05, 0.1) is 6.61 Å². The van der Waals surface area contributed by atoms with Gasteiger partial charge in [0.1, 0.15) is 5.75 Å². The lowest BCUT2D eigenvalue weighted by Gasteiger charge is -2.16. The van der Waals surface area contributed by atoms with E-state index in [0.29, 0.717) is 6.54 Å². The number of hydrogen-bond acceptors (Lipinski definition) is 3. The predicted molar refractivity (Wildman–Crippen MR) is 83.9 cm³/mol. The lowest BCUT2D eigenvalue weighted by molar-refractivity contribution is 0.233. The number of hydrogen-bond donors (Lipinski definition) is 2. The van der Waals surface area contributed by atoms with Crippen LogP contribution in [-0.2, 0) is 6.42 Å². The van der Waals surface area contributed by atoms with Crippen LogP contribution in [0.1, 0.15) is 44.1 Å². The van der Waals surface area contributed by atoms with E-state index in [1.165, 1.54) is 44.1 Å². The van der Waals surface area contributed by atoms with E-state index >= 15 is 0 Å². The molecule has 0 spiro atoms. The zero-order chi connectivity index (χ0) is 14.2. The number of benzene rings is 1. The molecule has 1 aliphatic rings. The van der Waals surface area contributed by atoms with Gasteiger partial charge < -0.3 is 16.2 Å². The van der Waals surface area contributed by atoms with Crippen molar-refractivity contribution in [2.24, 2.45) is 17.4 Å². The Bertz CT molecular complexity index is 386. The van der Waals surface area contributed by atoms with Gasteiger partial charge in [-0.1, -0.05) is 37.8 Å². The molecule has 1 atom stereocenters. The maximum Gasteiger partial charge on any atom is 0.119 e. The normalized spacial score (nSPS) is 18.5. The second-order valence-electron chi connectivity index (χ2n) is 6.02. The van der Waals surface area contributed by atoms with E-state index in [9.17, 15) is 0 Å². The smallest absolute Gasteiger partial charge is 0.119 e. The van der Waals surface area contributed by atoms with Gasteiger partial charge in [0.25, 0.3) is 0 Å². The van der Waals surface area contributed by atoms with E-state index in [4.69, 9.17) is 16.2 Å². The van der Waals surface area contributed by atoms with Crippen LogP contribution >= 0.6 is 0 Å². The molecule has 1 fully saturated rings. The highest BCUT2D eigenvalue weighted by Crippen LogP contribution is 2.24. The summed E-state index contributed by atoms with van der Waals surface area (Å²) in [7, 11) is 0. The average molecular weight is 276 g/mol. The molecular weight excluding hydrogens is 248 g/mol. The Hall–Kier alpha value is -1.06. The molecule has 1 aliphatic carbocycles. The van der Waals surface area contributed by atoms with Crippen LogP contribution in [0.25, 0.3) is 0 Å². The molecule has 2 rings (SSSR count). The summed E-state index contributed by atoms with van der Waals surface area (Å²) in [5.74, 6) is 1.70. The Kier molecular flexibility index (Phi) is 6.34. The van der Waals surface area contributed by atoms with Gasteiger partial charge in [-0.25, -0.2) is 0 Å². The Morgan fingerprint density at radius 3 is 2.60 bits per heavy atom.